The number of carbonyl (C=O) groups is 4. The molecule has 5 rings (SSSR count). The minimum atomic E-state index is -0.900. The molecule has 0 fully saturated rings. The smallest absolute Gasteiger partial charge is 0.299 e. The minimum absolute atomic E-state index is 0.0323. The first-order valence-electron chi connectivity index (χ1n) is 14.1. The predicted octanol–water partition coefficient (Wildman–Crippen LogP) is 5.75. The van der Waals surface area contributed by atoms with Crippen molar-refractivity contribution >= 4 is 63.5 Å². The van der Waals surface area contributed by atoms with Crippen LogP contribution in [0.5, 0.6) is 0 Å². The number of carbonyl (C=O) groups excluding carboxylic acids is 4. The molecule has 0 saturated heterocycles. The lowest BCUT2D eigenvalue weighted by Crippen LogP contribution is -2.53. The number of thiazole rings is 1. The molecule has 0 bridgehead atoms. The molecule has 3 amide bonds. The molecule has 1 N–H and O–H groups in total. The zero-order chi connectivity index (χ0) is 31.5. The van der Waals surface area contributed by atoms with Crippen molar-refractivity contribution in [3.63, 3.8) is 0 Å². The highest BCUT2D eigenvalue weighted by Gasteiger charge is 2.40. The Labute approximate surface area is 265 Å². The van der Waals surface area contributed by atoms with Gasteiger partial charge in [-0.15, -0.1) is 11.3 Å². The lowest BCUT2D eigenvalue weighted by molar-refractivity contribution is -0.140. The van der Waals surface area contributed by atoms with Crippen LogP contribution < -0.4 is 15.1 Å². The van der Waals surface area contributed by atoms with Crippen LogP contribution >= 0.6 is 22.9 Å². The Balaban J connectivity index is 1.45. The van der Waals surface area contributed by atoms with Crippen LogP contribution in [0.4, 0.5) is 17.1 Å². The number of aromatic nitrogens is 1. The topological polar surface area (TPSA) is 103 Å². The van der Waals surface area contributed by atoms with E-state index >= 15 is 0 Å². The molecule has 1 aromatic heterocycles. The molecule has 0 radical (unpaired) electrons. The monoisotopic (exact) mass is 629 g/mol. The van der Waals surface area contributed by atoms with Gasteiger partial charge in [-0.3, -0.25) is 24.1 Å². The number of hydrogen-bond donors (Lipinski definition) is 1. The van der Waals surface area contributed by atoms with E-state index in [9.17, 15) is 19.2 Å². The van der Waals surface area contributed by atoms with Crippen molar-refractivity contribution in [2.24, 2.45) is 5.92 Å². The second kappa shape index (κ2) is 13.0. The fraction of sp³-hybridized carbons (Fsp3) is 0.242. The standard InChI is InChI=1S/C33H32ClN5O4S/c1-20(2)30(32(42)35-23-13-15-24(16-14-23)37(3)4)39(17-28-36-26(19-44-28)21-9-11-22(34)12-10-21)29(40)18-38-27-8-6-5-7-25(27)31(41)33(38)43/h5-16,19-20,30H,17-18H2,1-4H3,(H,35,42). The van der Waals surface area contributed by atoms with Crippen LogP contribution in [-0.2, 0) is 20.9 Å². The quantitative estimate of drug-likeness (QED) is 0.224. The Morgan fingerprint density at radius 1 is 0.977 bits per heavy atom. The number of anilines is 3. The molecule has 0 aliphatic carbocycles. The Morgan fingerprint density at radius 3 is 2.32 bits per heavy atom. The molecule has 1 atom stereocenters. The van der Waals surface area contributed by atoms with E-state index in [0.29, 0.717) is 21.4 Å². The van der Waals surface area contributed by atoms with Crippen LogP contribution in [0.25, 0.3) is 11.3 Å². The molecule has 1 aliphatic heterocycles. The zero-order valence-corrected chi connectivity index (χ0v) is 26.4. The highest BCUT2D eigenvalue weighted by Crippen LogP contribution is 2.30. The van der Waals surface area contributed by atoms with Crippen molar-refractivity contribution in [2.75, 3.05) is 35.8 Å². The molecule has 0 saturated carbocycles. The minimum Gasteiger partial charge on any atom is -0.378 e. The molecule has 44 heavy (non-hydrogen) atoms. The van der Waals surface area contributed by atoms with Crippen molar-refractivity contribution < 1.29 is 19.2 Å². The van der Waals surface area contributed by atoms with Gasteiger partial charge in [-0.25, -0.2) is 4.98 Å². The Kier molecular flexibility index (Phi) is 9.12. The molecule has 1 aliphatic rings. The first kappa shape index (κ1) is 30.9. The van der Waals surface area contributed by atoms with Gasteiger partial charge in [-0.05, 0) is 54.4 Å². The predicted molar refractivity (Wildman–Crippen MR) is 174 cm³/mol. The van der Waals surface area contributed by atoms with Gasteiger partial charge in [-0.2, -0.15) is 0 Å². The van der Waals surface area contributed by atoms with Crippen LogP contribution in [0, 0.1) is 5.92 Å². The van der Waals surface area contributed by atoms with Crippen molar-refractivity contribution in [3.05, 3.63) is 93.8 Å². The van der Waals surface area contributed by atoms with E-state index in [1.165, 1.54) is 21.1 Å². The Morgan fingerprint density at radius 2 is 1.66 bits per heavy atom. The van der Waals surface area contributed by atoms with Gasteiger partial charge in [0.1, 0.15) is 17.6 Å². The number of ketones is 1. The van der Waals surface area contributed by atoms with Crippen LogP contribution in [0.3, 0.4) is 0 Å². The summed E-state index contributed by atoms with van der Waals surface area (Å²) in [5, 5.41) is 6.07. The summed E-state index contributed by atoms with van der Waals surface area (Å²) >= 11 is 7.42. The van der Waals surface area contributed by atoms with Gasteiger partial charge in [0.15, 0.2) is 0 Å². The van der Waals surface area contributed by atoms with Crippen LogP contribution in [0.2, 0.25) is 5.02 Å². The van der Waals surface area contributed by atoms with Gasteiger partial charge in [0.05, 0.1) is 23.5 Å². The molecule has 9 nitrogen and oxygen atoms in total. The molecule has 226 valence electrons. The van der Waals surface area contributed by atoms with E-state index in [-0.39, 0.29) is 23.9 Å². The first-order chi connectivity index (χ1) is 21.0. The summed E-state index contributed by atoms with van der Waals surface area (Å²) in [5.74, 6) is -2.58. The Hall–Kier alpha value is -4.54. The number of rotatable bonds is 10. The van der Waals surface area contributed by atoms with E-state index in [4.69, 9.17) is 16.6 Å². The normalized spacial score (nSPS) is 13.2. The van der Waals surface area contributed by atoms with Crippen molar-refractivity contribution in [2.45, 2.75) is 26.4 Å². The molecular formula is C33H32ClN5O4S. The molecule has 4 aromatic rings. The van der Waals surface area contributed by atoms with Crippen molar-refractivity contribution in [1.29, 1.82) is 0 Å². The fourth-order valence-electron chi connectivity index (χ4n) is 5.12. The lowest BCUT2D eigenvalue weighted by Gasteiger charge is -2.34. The van der Waals surface area contributed by atoms with Crippen LogP contribution in [0.15, 0.2) is 78.2 Å². The van der Waals surface area contributed by atoms with Gasteiger partial charge in [0, 0.05) is 41.4 Å². The third kappa shape index (κ3) is 6.51. The molecule has 2 heterocycles. The van der Waals surface area contributed by atoms with E-state index < -0.39 is 30.2 Å². The summed E-state index contributed by atoms with van der Waals surface area (Å²) in [6, 6.07) is 20.4. The summed E-state index contributed by atoms with van der Waals surface area (Å²) in [7, 11) is 3.86. The molecule has 0 spiro atoms. The van der Waals surface area contributed by atoms with Crippen molar-refractivity contribution in [3.8, 4) is 11.3 Å². The van der Waals surface area contributed by atoms with Crippen LogP contribution in [0.1, 0.15) is 29.2 Å². The first-order valence-corrected chi connectivity index (χ1v) is 15.3. The maximum Gasteiger partial charge on any atom is 0.299 e. The average Bonchev–Trinajstić information content (AvgIpc) is 3.56. The van der Waals surface area contributed by atoms with E-state index in [1.54, 1.807) is 48.5 Å². The second-order valence-corrected chi connectivity index (χ2v) is 12.4. The fourth-order valence-corrected chi connectivity index (χ4v) is 6.05. The Bertz CT molecular complexity index is 1700. The number of fused-ring (bicyclic) bond motifs is 1. The largest absolute Gasteiger partial charge is 0.378 e. The number of hydrogen-bond acceptors (Lipinski definition) is 7. The third-order valence-corrected chi connectivity index (χ3v) is 8.46. The third-order valence-electron chi connectivity index (χ3n) is 7.38. The molecule has 3 aromatic carbocycles. The number of nitrogens with one attached hydrogen (secondary N) is 1. The SMILES string of the molecule is CC(C)C(C(=O)Nc1ccc(N(C)C)cc1)N(Cc1nc(-c2ccc(Cl)cc2)cs1)C(=O)CN1C(=O)C(=O)c2ccccc21. The summed E-state index contributed by atoms with van der Waals surface area (Å²) in [4.78, 5) is 62.8. The van der Waals surface area contributed by atoms with E-state index in [2.05, 4.69) is 5.32 Å². The molecule has 11 heteroatoms. The van der Waals surface area contributed by atoms with Gasteiger partial charge < -0.3 is 15.1 Å². The number of benzene rings is 3. The number of halogens is 1. The van der Waals surface area contributed by atoms with E-state index in [1.807, 2.05) is 62.5 Å². The lowest BCUT2D eigenvalue weighted by atomic mass is 10.0. The van der Waals surface area contributed by atoms with Crippen molar-refractivity contribution in [1.82, 2.24) is 9.88 Å². The summed E-state index contributed by atoms with van der Waals surface area (Å²) in [6.07, 6.45) is 0. The molecule has 1 unspecified atom stereocenters. The van der Waals surface area contributed by atoms with Gasteiger partial charge in [0.25, 0.3) is 11.7 Å². The average molecular weight is 630 g/mol. The zero-order valence-electron chi connectivity index (χ0n) is 24.8. The molecular weight excluding hydrogens is 598 g/mol. The van der Waals surface area contributed by atoms with Gasteiger partial charge in [0.2, 0.25) is 11.8 Å². The maximum atomic E-state index is 14.1. The summed E-state index contributed by atoms with van der Waals surface area (Å²) in [5.41, 5.74) is 3.78. The van der Waals surface area contributed by atoms with Crippen LogP contribution in [-0.4, -0.2) is 60.1 Å². The number of Topliss-reactive ketones (excluding diaryl/α,β-unsaturated/α-hetero) is 1. The number of amides is 3. The highest BCUT2D eigenvalue weighted by molar-refractivity contribution is 7.09. The second-order valence-electron chi connectivity index (χ2n) is 11.0. The van der Waals surface area contributed by atoms with Gasteiger partial charge >= 0.3 is 0 Å². The number of nitrogens with zero attached hydrogens (tertiary/aromatic N) is 4. The summed E-state index contributed by atoms with van der Waals surface area (Å²) < 4.78 is 0. The van der Waals surface area contributed by atoms with E-state index in [0.717, 1.165) is 16.9 Å². The summed E-state index contributed by atoms with van der Waals surface area (Å²) in [6.45, 7) is 3.36. The van der Waals surface area contributed by atoms with Gasteiger partial charge in [-0.1, -0.05) is 49.7 Å². The highest BCUT2D eigenvalue weighted by atomic mass is 35.5. The number of para-hydroxylation sites is 1. The maximum absolute atomic E-state index is 14.1.